The van der Waals surface area contributed by atoms with Crippen LogP contribution in [0.1, 0.15) is 5.56 Å². The standard InChI is InChI=1S/C17H19ClN2O4S/c1-12-10-13(18)4-9-16(12)19-17(21)11-24-15-7-5-14(6-8-15)20(2)25(3,22)23/h4-10H,11H2,1-3H3,(H,19,21). The lowest BCUT2D eigenvalue weighted by molar-refractivity contribution is -0.118. The second kappa shape index (κ2) is 7.76. The summed E-state index contributed by atoms with van der Waals surface area (Å²) in [4.78, 5) is 12.0. The Kier molecular flexibility index (Phi) is 5.92. The summed E-state index contributed by atoms with van der Waals surface area (Å²) in [5.41, 5.74) is 2.04. The molecule has 0 aliphatic carbocycles. The highest BCUT2D eigenvalue weighted by molar-refractivity contribution is 7.92. The van der Waals surface area contributed by atoms with E-state index in [0.29, 0.717) is 22.1 Å². The van der Waals surface area contributed by atoms with Gasteiger partial charge in [-0.25, -0.2) is 8.42 Å². The predicted molar refractivity (Wildman–Crippen MR) is 100 cm³/mol. The Labute approximate surface area is 152 Å². The SMILES string of the molecule is Cc1cc(Cl)ccc1NC(=O)COc1ccc(N(C)S(C)(=O)=O)cc1. The first-order valence-electron chi connectivity index (χ1n) is 7.39. The van der Waals surface area contributed by atoms with Crippen molar-refractivity contribution in [3.05, 3.63) is 53.1 Å². The fourth-order valence-electron chi connectivity index (χ4n) is 2.05. The van der Waals surface area contributed by atoms with E-state index in [1.54, 1.807) is 42.5 Å². The van der Waals surface area contributed by atoms with Crippen LogP contribution < -0.4 is 14.4 Å². The average molecular weight is 383 g/mol. The first kappa shape index (κ1) is 19.1. The van der Waals surface area contributed by atoms with Crippen LogP contribution in [0.4, 0.5) is 11.4 Å². The number of hydrogen-bond donors (Lipinski definition) is 1. The molecule has 1 amide bonds. The Hall–Kier alpha value is -2.25. The molecule has 2 rings (SSSR count). The van der Waals surface area contributed by atoms with E-state index in [1.807, 2.05) is 6.92 Å². The van der Waals surface area contributed by atoms with Crippen molar-refractivity contribution in [1.82, 2.24) is 0 Å². The number of amides is 1. The zero-order valence-corrected chi connectivity index (χ0v) is 15.7. The summed E-state index contributed by atoms with van der Waals surface area (Å²) in [6, 6.07) is 11.6. The number of carbonyl (C=O) groups excluding carboxylic acids is 1. The molecular formula is C17H19ClN2O4S. The van der Waals surface area contributed by atoms with E-state index in [0.717, 1.165) is 16.1 Å². The Balaban J connectivity index is 1.93. The van der Waals surface area contributed by atoms with Gasteiger partial charge in [0, 0.05) is 17.8 Å². The van der Waals surface area contributed by atoms with Crippen LogP contribution in [-0.4, -0.2) is 34.2 Å². The third-order valence-electron chi connectivity index (χ3n) is 3.53. The summed E-state index contributed by atoms with van der Waals surface area (Å²) in [6.07, 6.45) is 1.13. The number of nitrogens with zero attached hydrogens (tertiary/aromatic N) is 1. The molecule has 0 heterocycles. The van der Waals surface area contributed by atoms with E-state index in [9.17, 15) is 13.2 Å². The van der Waals surface area contributed by atoms with Gasteiger partial charge >= 0.3 is 0 Å². The van der Waals surface area contributed by atoms with Gasteiger partial charge < -0.3 is 10.1 Å². The van der Waals surface area contributed by atoms with Crippen molar-refractivity contribution >= 4 is 38.9 Å². The molecule has 0 saturated heterocycles. The molecule has 2 aromatic carbocycles. The van der Waals surface area contributed by atoms with Crippen molar-refractivity contribution < 1.29 is 17.9 Å². The molecule has 1 N–H and O–H groups in total. The predicted octanol–water partition coefficient (Wildman–Crippen LogP) is 3.06. The van der Waals surface area contributed by atoms with Gasteiger partial charge in [0.2, 0.25) is 10.0 Å². The molecule has 134 valence electrons. The molecule has 0 atom stereocenters. The molecule has 0 saturated carbocycles. The first-order valence-corrected chi connectivity index (χ1v) is 9.62. The third-order valence-corrected chi connectivity index (χ3v) is 4.97. The molecular weight excluding hydrogens is 364 g/mol. The normalized spacial score (nSPS) is 11.0. The quantitative estimate of drug-likeness (QED) is 0.833. The maximum atomic E-state index is 12.0. The molecule has 2 aromatic rings. The van der Waals surface area contributed by atoms with Crippen molar-refractivity contribution in [2.75, 3.05) is 29.5 Å². The zero-order chi connectivity index (χ0) is 18.6. The van der Waals surface area contributed by atoms with Gasteiger partial charge in [-0.15, -0.1) is 0 Å². The van der Waals surface area contributed by atoms with Crippen LogP contribution in [-0.2, 0) is 14.8 Å². The minimum atomic E-state index is -3.32. The van der Waals surface area contributed by atoms with Gasteiger partial charge in [0.05, 0.1) is 11.9 Å². The van der Waals surface area contributed by atoms with Crippen LogP contribution >= 0.6 is 11.6 Å². The van der Waals surface area contributed by atoms with Crippen LogP contribution in [0.2, 0.25) is 5.02 Å². The van der Waals surface area contributed by atoms with Crippen LogP contribution in [0, 0.1) is 6.92 Å². The average Bonchev–Trinajstić information content (AvgIpc) is 2.54. The number of sulfonamides is 1. The van der Waals surface area contributed by atoms with E-state index in [-0.39, 0.29) is 12.5 Å². The first-order chi connectivity index (χ1) is 11.7. The molecule has 6 nitrogen and oxygen atoms in total. The monoisotopic (exact) mass is 382 g/mol. The topological polar surface area (TPSA) is 75.7 Å². The lowest BCUT2D eigenvalue weighted by atomic mass is 10.2. The molecule has 8 heteroatoms. The maximum absolute atomic E-state index is 12.0. The Morgan fingerprint density at radius 1 is 1.20 bits per heavy atom. The smallest absolute Gasteiger partial charge is 0.262 e. The number of halogens is 1. The Morgan fingerprint density at radius 3 is 2.40 bits per heavy atom. The fraction of sp³-hybridized carbons (Fsp3) is 0.235. The maximum Gasteiger partial charge on any atom is 0.262 e. The number of rotatable bonds is 6. The number of anilines is 2. The molecule has 0 aliphatic rings. The van der Waals surface area contributed by atoms with Crippen molar-refractivity contribution in [2.24, 2.45) is 0 Å². The molecule has 0 fully saturated rings. The van der Waals surface area contributed by atoms with Gasteiger partial charge in [-0.05, 0) is 55.0 Å². The van der Waals surface area contributed by atoms with E-state index < -0.39 is 10.0 Å². The van der Waals surface area contributed by atoms with E-state index >= 15 is 0 Å². The van der Waals surface area contributed by atoms with Gasteiger partial charge in [-0.1, -0.05) is 11.6 Å². The molecule has 0 aliphatic heterocycles. The lowest BCUT2D eigenvalue weighted by Crippen LogP contribution is -2.24. The number of aryl methyl sites for hydroxylation is 1. The molecule has 0 unspecified atom stereocenters. The Morgan fingerprint density at radius 2 is 1.84 bits per heavy atom. The van der Waals surface area contributed by atoms with Gasteiger partial charge in [0.15, 0.2) is 6.61 Å². The van der Waals surface area contributed by atoms with E-state index in [4.69, 9.17) is 16.3 Å². The third kappa shape index (κ3) is 5.37. The zero-order valence-electron chi connectivity index (χ0n) is 14.1. The van der Waals surface area contributed by atoms with Gasteiger partial charge in [0.1, 0.15) is 5.75 Å². The number of benzene rings is 2. The molecule has 25 heavy (non-hydrogen) atoms. The highest BCUT2D eigenvalue weighted by atomic mass is 35.5. The summed E-state index contributed by atoms with van der Waals surface area (Å²) >= 11 is 5.88. The molecule has 0 radical (unpaired) electrons. The van der Waals surface area contributed by atoms with Crippen molar-refractivity contribution in [3.8, 4) is 5.75 Å². The molecule has 0 aromatic heterocycles. The van der Waals surface area contributed by atoms with Crippen molar-refractivity contribution in [3.63, 3.8) is 0 Å². The van der Waals surface area contributed by atoms with Gasteiger partial charge in [-0.2, -0.15) is 0 Å². The number of ether oxygens (including phenoxy) is 1. The second-order valence-electron chi connectivity index (χ2n) is 5.52. The molecule has 0 spiro atoms. The van der Waals surface area contributed by atoms with Crippen LogP contribution in [0.15, 0.2) is 42.5 Å². The van der Waals surface area contributed by atoms with Crippen molar-refractivity contribution in [2.45, 2.75) is 6.92 Å². The van der Waals surface area contributed by atoms with Crippen LogP contribution in [0.25, 0.3) is 0 Å². The summed E-state index contributed by atoms with van der Waals surface area (Å²) in [6.45, 7) is 1.68. The van der Waals surface area contributed by atoms with Gasteiger partial charge in [-0.3, -0.25) is 9.10 Å². The second-order valence-corrected chi connectivity index (χ2v) is 7.97. The lowest BCUT2D eigenvalue weighted by Gasteiger charge is -2.16. The Bertz CT molecular complexity index is 867. The number of carbonyl (C=O) groups is 1. The van der Waals surface area contributed by atoms with Crippen LogP contribution in [0.5, 0.6) is 5.75 Å². The minimum absolute atomic E-state index is 0.163. The largest absolute Gasteiger partial charge is 0.484 e. The van der Waals surface area contributed by atoms with Gasteiger partial charge in [0.25, 0.3) is 5.91 Å². The summed E-state index contributed by atoms with van der Waals surface area (Å²) < 4.78 is 29.6. The minimum Gasteiger partial charge on any atom is -0.484 e. The highest BCUT2D eigenvalue weighted by Gasteiger charge is 2.12. The highest BCUT2D eigenvalue weighted by Crippen LogP contribution is 2.21. The summed E-state index contributed by atoms with van der Waals surface area (Å²) in [5.74, 6) is 0.163. The van der Waals surface area contributed by atoms with Crippen molar-refractivity contribution in [1.29, 1.82) is 0 Å². The molecule has 0 bridgehead atoms. The van der Waals surface area contributed by atoms with E-state index in [1.165, 1.54) is 7.05 Å². The summed E-state index contributed by atoms with van der Waals surface area (Å²) in [7, 11) is -1.85. The fourth-order valence-corrected chi connectivity index (χ4v) is 2.78. The summed E-state index contributed by atoms with van der Waals surface area (Å²) in [5, 5.41) is 3.35. The van der Waals surface area contributed by atoms with E-state index in [2.05, 4.69) is 5.32 Å². The van der Waals surface area contributed by atoms with Crippen LogP contribution in [0.3, 0.4) is 0 Å². The number of hydrogen-bond acceptors (Lipinski definition) is 4. The number of nitrogens with one attached hydrogen (secondary N) is 1.